The summed E-state index contributed by atoms with van der Waals surface area (Å²) >= 11 is 0. The minimum absolute atomic E-state index is 0.0943. The highest BCUT2D eigenvalue weighted by Gasteiger charge is 2.20. The first-order valence-electron chi connectivity index (χ1n) is 6.04. The van der Waals surface area contributed by atoms with Crippen LogP contribution in [0.4, 0.5) is 4.79 Å². The largest absolute Gasteiger partial charge is 0.481 e. The monoisotopic (exact) mass is 253 g/mol. The van der Waals surface area contributed by atoms with Gasteiger partial charge in [-0.2, -0.15) is 0 Å². The van der Waals surface area contributed by atoms with Crippen LogP contribution in [-0.2, 0) is 4.79 Å². The smallest absolute Gasteiger partial charge is 0.317 e. The molecule has 0 atom stereocenters. The van der Waals surface area contributed by atoms with Gasteiger partial charge in [-0.25, -0.2) is 4.79 Å². The van der Waals surface area contributed by atoms with Crippen molar-refractivity contribution in [2.24, 2.45) is 0 Å². The van der Waals surface area contributed by atoms with Crippen molar-refractivity contribution in [1.29, 1.82) is 0 Å². The molecule has 1 fully saturated rings. The van der Waals surface area contributed by atoms with Crippen LogP contribution in [0.15, 0.2) is 0 Å². The molecular weight excluding hydrogens is 234 g/mol. The van der Waals surface area contributed by atoms with Gasteiger partial charge in [-0.3, -0.25) is 9.69 Å². The van der Waals surface area contributed by atoms with Crippen molar-refractivity contribution in [3.05, 3.63) is 0 Å². The van der Waals surface area contributed by atoms with Gasteiger partial charge in [0.2, 0.25) is 0 Å². The number of terminal acetylenes is 1. The lowest BCUT2D eigenvalue weighted by atomic mass is 10.3. The Morgan fingerprint density at radius 2 is 1.94 bits per heavy atom. The molecule has 0 aromatic rings. The number of amides is 2. The molecule has 0 radical (unpaired) electrons. The lowest BCUT2D eigenvalue weighted by Gasteiger charge is -2.34. The number of carbonyl (C=O) groups excluding carboxylic acids is 1. The Bertz CT molecular complexity index is 330. The number of rotatable bonds is 5. The zero-order valence-corrected chi connectivity index (χ0v) is 10.4. The van der Waals surface area contributed by atoms with Gasteiger partial charge in [0.25, 0.3) is 0 Å². The second-order valence-electron chi connectivity index (χ2n) is 4.16. The van der Waals surface area contributed by atoms with Crippen LogP contribution in [0.2, 0.25) is 0 Å². The van der Waals surface area contributed by atoms with Crippen LogP contribution < -0.4 is 5.32 Å². The Morgan fingerprint density at radius 1 is 1.28 bits per heavy atom. The van der Waals surface area contributed by atoms with E-state index in [1.807, 2.05) is 0 Å². The molecule has 18 heavy (non-hydrogen) atoms. The molecule has 0 spiro atoms. The average Bonchev–Trinajstić information content (AvgIpc) is 2.37. The van der Waals surface area contributed by atoms with Crippen LogP contribution in [0.25, 0.3) is 0 Å². The van der Waals surface area contributed by atoms with Gasteiger partial charge in [0.15, 0.2) is 0 Å². The minimum atomic E-state index is -0.788. The van der Waals surface area contributed by atoms with E-state index in [1.54, 1.807) is 4.90 Å². The quantitative estimate of drug-likeness (QED) is 0.526. The summed E-state index contributed by atoms with van der Waals surface area (Å²) in [5.41, 5.74) is 0. The van der Waals surface area contributed by atoms with E-state index in [9.17, 15) is 9.59 Å². The van der Waals surface area contributed by atoms with E-state index in [1.165, 1.54) is 0 Å². The second kappa shape index (κ2) is 7.56. The maximum absolute atomic E-state index is 11.7. The van der Waals surface area contributed by atoms with Crippen molar-refractivity contribution in [1.82, 2.24) is 15.1 Å². The van der Waals surface area contributed by atoms with Crippen LogP contribution in [0.3, 0.4) is 0 Å². The zero-order valence-electron chi connectivity index (χ0n) is 10.4. The lowest BCUT2D eigenvalue weighted by molar-refractivity contribution is -0.137. The molecule has 6 heteroatoms. The molecule has 0 aliphatic carbocycles. The minimum Gasteiger partial charge on any atom is -0.481 e. The van der Waals surface area contributed by atoms with E-state index >= 15 is 0 Å². The third-order valence-electron chi connectivity index (χ3n) is 2.85. The second-order valence-corrected chi connectivity index (χ2v) is 4.16. The molecule has 100 valence electrons. The standard InChI is InChI=1S/C12H19N3O3/c1-2-3-5-13-12(18)15-9-7-14(8-10-15)6-4-11(16)17/h1H,3-10H2,(H,13,18)(H,16,17). The summed E-state index contributed by atoms with van der Waals surface area (Å²) in [5, 5.41) is 11.3. The van der Waals surface area contributed by atoms with Gasteiger partial charge < -0.3 is 15.3 Å². The third kappa shape index (κ3) is 5.06. The van der Waals surface area contributed by atoms with Crippen molar-refractivity contribution in [2.75, 3.05) is 39.3 Å². The first-order valence-corrected chi connectivity index (χ1v) is 6.04. The molecule has 1 rings (SSSR count). The highest BCUT2D eigenvalue weighted by Crippen LogP contribution is 2.02. The number of hydrogen-bond donors (Lipinski definition) is 2. The van der Waals surface area contributed by atoms with Crippen LogP contribution in [0, 0.1) is 12.3 Å². The maximum Gasteiger partial charge on any atom is 0.317 e. The molecule has 0 aromatic heterocycles. The molecule has 0 saturated carbocycles. The fraction of sp³-hybridized carbons (Fsp3) is 0.667. The summed E-state index contributed by atoms with van der Waals surface area (Å²) in [6, 6.07) is -0.0943. The number of carboxylic acid groups (broad SMARTS) is 1. The highest BCUT2D eigenvalue weighted by molar-refractivity contribution is 5.74. The summed E-state index contributed by atoms with van der Waals surface area (Å²) in [6.07, 6.45) is 5.78. The molecule has 2 amide bonds. The molecule has 0 unspecified atom stereocenters. The van der Waals surface area contributed by atoms with E-state index in [0.717, 1.165) is 13.1 Å². The average molecular weight is 253 g/mol. The van der Waals surface area contributed by atoms with Gasteiger partial charge in [0.1, 0.15) is 0 Å². The fourth-order valence-electron chi connectivity index (χ4n) is 1.78. The third-order valence-corrected chi connectivity index (χ3v) is 2.85. The fourth-order valence-corrected chi connectivity index (χ4v) is 1.78. The van der Waals surface area contributed by atoms with E-state index in [0.29, 0.717) is 32.6 Å². The molecule has 2 N–H and O–H groups in total. The number of piperazine rings is 1. The van der Waals surface area contributed by atoms with E-state index in [4.69, 9.17) is 11.5 Å². The normalized spacial score (nSPS) is 16.1. The summed E-state index contributed by atoms with van der Waals surface area (Å²) in [6.45, 7) is 3.73. The molecule has 1 heterocycles. The Labute approximate surface area is 107 Å². The predicted octanol–water partition coefficient (Wildman–Crippen LogP) is -0.188. The summed E-state index contributed by atoms with van der Waals surface area (Å²) < 4.78 is 0. The van der Waals surface area contributed by atoms with Crippen molar-refractivity contribution >= 4 is 12.0 Å². The zero-order chi connectivity index (χ0) is 13.4. The Balaban J connectivity index is 2.20. The molecule has 1 aliphatic rings. The van der Waals surface area contributed by atoms with E-state index < -0.39 is 5.97 Å². The van der Waals surface area contributed by atoms with Gasteiger partial charge in [-0.15, -0.1) is 12.3 Å². The van der Waals surface area contributed by atoms with E-state index in [-0.39, 0.29) is 12.5 Å². The first-order chi connectivity index (χ1) is 8.63. The van der Waals surface area contributed by atoms with Gasteiger partial charge >= 0.3 is 12.0 Å². The highest BCUT2D eigenvalue weighted by atomic mass is 16.4. The Kier molecular flexibility index (Phi) is 6.01. The lowest BCUT2D eigenvalue weighted by Crippen LogP contribution is -2.52. The summed E-state index contributed by atoms with van der Waals surface area (Å²) in [7, 11) is 0. The molecule has 6 nitrogen and oxygen atoms in total. The number of carbonyl (C=O) groups is 2. The predicted molar refractivity (Wildman–Crippen MR) is 67.1 cm³/mol. The summed E-state index contributed by atoms with van der Waals surface area (Å²) in [4.78, 5) is 25.9. The number of urea groups is 1. The van der Waals surface area contributed by atoms with Gasteiger partial charge in [-0.05, 0) is 0 Å². The topological polar surface area (TPSA) is 72.9 Å². The molecule has 0 bridgehead atoms. The van der Waals surface area contributed by atoms with Gasteiger partial charge in [-0.1, -0.05) is 0 Å². The van der Waals surface area contributed by atoms with Gasteiger partial charge in [0.05, 0.1) is 6.42 Å². The van der Waals surface area contributed by atoms with Crippen LogP contribution in [-0.4, -0.2) is 66.2 Å². The van der Waals surface area contributed by atoms with Crippen molar-refractivity contribution in [3.63, 3.8) is 0 Å². The number of carboxylic acids is 1. The number of aliphatic carboxylic acids is 1. The SMILES string of the molecule is C#CCCNC(=O)N1CCN(CCC(=O)O)CC1. The number of nitrogens with zero attached hydrogens (tertiary/aromatic N) is 2. The van der Waals surface area contributed by atoms with Crippen LogP contribution >= 0.6 is 0 Å². The maximum atomic E-state index is 11.7. The first kappa shape index (κ1) is 14.3. The van der Waals surface area contributed by atoms with E-state index in [2.05, 4.69) is 16.1 Å². The Hall–Kier alpha value is -1.74. The molecular formula is C12H19N3O3. The van der Waals surface area contributed by atoms with Crippen molar-refractivity contribution in [2.45, 2.75) is 12.8 Å². The molecule has 1 saturated heterocycles. The molecule has 0 aromatic carbocycles. The Morgan fingerprint density at radius 3 is 2.50 bits per heavy atom. The number of nitrogens with one attached hydrogen (secondary N) is 1. The van der Waals surface area contributed by atoms with Crippen molar-refractivity contribution in [3.8, 4) is 12.3 Å². The molecule has 1 aliphatic heterocycles. The number of hydrogen-bond acceptors (Lipinski definition) is 3. The van der Waals surface area contributed by atoms with Crippen molar-refractivity contribution < 1.29 is 14.7 Å². The summed E-state index contributed by atoms with van der Waals surface area (Å²) in [5.74, 6) is 1.68. The van der Waals surface area contributed by atoms with Crippen LogP contribution in [0.1, 0.15) is 12.8 Å². The van der Waals surface area contributed by atoms with Crippen LogP contribution in [0.5, 0.6) is 0 Å². The van der Waals surface area contributed by atoms with Gasteiger partial charge in [0, 0.05) is 45.7 Å².